The van der Waals surface area contributed by atoms with Gasteiger partial charge >= 0.3 is 6.18 Å². The van der Waals surface area contributed by atoms with Crippen LogP contribution in [0.4, 0.5) is 22.0 Å². The van der Waals surface area contributed by atoms with Crippen molar-refractivity contribution in [2.24, 2.45) is 0 Å². The van der Waals surface area contributed by atoms with E-state index in [4.69, 9.17) is 0 Å². The molecule has 1 aromatic rings. The van der Waals surface area contributed by atoms with Crippen molar-refractivity contribution in [2.75, 3.05) is 0 Å². The van der Waals surface area contributed by atoms with E-state index in [9.17, 15) is 22.0 Å². The number of nitrogens with zero attached hydrogens (tertiary/aromatic N) is 1. The summed E-state index contributed by atoms with van der Waals surface area (Å²) in [6.07, 6.45) is -7.05. The van der Waals surface area contributed by atoms with Crippen molar-refractivity contribution in [3.63, 3.8) is 0 Å². The molecule has 1 nitrogen and oxygen atoms in total. The number of aryl methyl sites for hydroxylation is 1. The predicted molar refractivity (Wildman–Crippen MR) is 46.6 cm³/mol. The van der Waals surface area contributed by atoms with Crippen LogP contribution in [-0.2, 0) is 6.18 Å². The number of hydrogen-bond donors (Lipinski definition) is 0. The Morgan fingerprint density at radius 3 is 2.20 bits per heavy atom. The number of aromatic nitrogens is 1. The summed E-state index contributed by atoms with van der Waals surface area (Å²) in [5.74, 6) is 0. The van der Waals surface area contributed by atoms with Crippen molar-refractivity contribution in [1.82, 2.24) is 4.98 Å². The van der Waals surface area contributed by atoms with Crippen LogP contribution >= 0.6 is 15.9 Å². The molecule has 0 saturated heterocycles. The smallest absolute Gasteiger partial charge is 0.248 e. The first-order valence-corrected chi connectivity index (χ1v) is 4.54. The minimum absolute atomic E-state index is 0.180. The van der Waals surface area contributed by atoms with Gasteiger partial charge in [0.2, 0.25) is 0 Å². The van der Waals surface area contributed by atoms with E-state index in [-0.39, 0.29) is 5.56 Å². The van der Waals surface area contributed by atoms with Crippen LogP contribution in [0.3, 0.4) is 0 Å². The van der Waals surface area contributed by atoms with E-state index in [2.05, 4.69) is 20.9 Å². The molecule has 1 rings (SSSR count). The van der Waals surface area contributed by atoms with Crippen molar-refractivity contribution in [1.29, 1.82) is 0 Å². The molecule has 0 aliphatic rings. The largest absolute Gasteiger partial charge is 0.419 e. The maximum Gasteiger partial charge on any atom is 0.419 e. The lowest BCUT2D eigenvalue weighted by molar-refractivity contribution is -0.140. The fourth-order valence-electron chi connectivity index (χ4n) is 1.15. The lowest BCUT2D eigenvalue weighted by Gasteiger charge is -2.15. The van der Waals surface area contributed by atoms with E-state index in [0.717, 1.165) is 13.1 Å². The van der Waals surface area contributed by atoms with Crippen LogP contribution in [0.5, 0.6) is 0 Å². The van der Waals surface area contributed by atoms with Crippen LogP contribution in [0.25, 0.3) is 0 Å². The molecule has 1 aromatic heterocycles. The van der Waals surface area contributed by atoms with Gasteiger partial charge in [-0.15, -0.1) is 0 Å². The van der Waals surface area contributed by atoms with Crippen LogP contribution in [0.2, 0.25) is 0 Å². The summed E-state index contributed by atoms with van der Waals surface area (Å²) < 4.78 is 61.6. The molecular weight excluding hydrogens is 285 g/mol. The van der Waals surface area contributed by atoms with Gasteiger partial charge in [0.05, 0.1) is 5.56 Å². The Morgan fingerprint density at radius 1 is 1.33 bits per heavy atom. The third-order valence-corrected chi connectivity index (χ3v) is 2.37. The zero-order valence-electron chi connectivity index (χ0n) is 7.37. The van der Waals surface area contributed by atoms with Crippen LogP contribution in [-0.4, -0.2) is 4.98 Å². The SMILES string of the molecule is Cc1cnc(Br)c(C(F)(F)F)c1C(F)F. The summed E-state index contributed by atoms with van der Waals surface area (Å²) in [4.78, 5) is 3.35. The molecule has 0 radical (unpaired) electrons. The summed E-state index contributed by atoms with van der Waals surface area (Å²) in [7, 11) is 0. The summed E-state index contributed by atoms with van der Waals surface area (Å²) in [6.45, 7) is 1.16. The van der Waals surface area contributed by atoms with E-state index in [1.807, 2.05) is 0 Å². The van der Waals surface area contributed by atoms with E-state index >= 15 is 0 Å². The second kappa shape index (κ2) is 4.03. The molecule has 0 aromatic carbocycles. The Morgan fingerprint density at radius 2 is 1.87 bits per heavy atom. The fourth-order valence-corrected chi connectivity index (χ4v) is 1.69. The molecule has 0 unspecified atom stereocenters. The van der Waals surface area contributed by atoms with Gasteiger partial charge in [0.25, 0.3) is 6.43 Å². The van der Waals surface area contributed by atoms with Crippen molar-refractivity contribution < 1.29 is 22.0 Å². The molecule has 7 heteroatoms. The van der Waals surface area contributed by atoms with Gasteiger partial charge in [-0.1, -0.05) is 0 Å². The zero-order chi connectivity index (χ0) is 11.8. The highest BCUT2D eigenvalue weighted by Crippen LogP contribution is 2.41. The number of halogens is 6. The molecule has 15 heavy (non-hydrogen) atoms. The predicted octanol–water partition coefficient (Wildman–Crippen LogP) is 4.11. The third kappa shape index (κ3) is 2.45. The van der Waals surface area contributed by atoms with Gasteiger partial charge in [-0.3, -0.25) is 0 Å². The highest BCUT2D eigenvalue weighted by Gasteiger charge is 2.39. The van der Waals surface area contributed by atoms with Crippen LogP contribution in [0, 0.1) is 6.92 Å². The Labute approximate surface area is 90.4 Å². The second-order valence-corrected chi connectivity index (χ2v) is 3.57. The topological polar surface area (TPSA) is 12.9 Å². The standard InChI is InChI=1S/C8H5BrF5N/c1-3-2-15-6(9)5(8(12,13)14)4(3)7(10)11/h2,7H,1H3. The molecule has 0 fully saturated rings. The van der Waals surface area contributed by atoms with E-state index < -0.39 is 28.3 Å². The van der Waals surface area contributed by atoms with Gasteiger partial charge in [0, 0.05) is 11.8 Å². The lowest BCUT2D eigenvalue weighted by Crippen LogP contribution is -2.13. The van der Waals surface area contributed by atoms with Gasteiger partial charge in [-0.2, -0.15) is 13.2 Å². The molecule has 0 saturated carbocycles. The molecule has 0 aliphatic heterocycles. The highest BCUT2D eigenvalue weighted by molar-refractivity contribution is 9.10. The molecule has 84 valence electrons. The van der Waals surface area contributed by atoms with Gasteiger partial charge in [0.1, 0.15) is 4.60 Å². The quantitative estimate of drug-likeness (QED) is 0.560. The maximum atomic E-state index is 12.5. The van der Waals surface area contributed by atoms with Gasteiger partial charge in [-0.25, -0.2) is 13.8 Å². The first-order valence-electron chi connectivity index (χ1n) is 3.75. The molecule has 0 bridgehead atoms. The summed E-state index contributed by atoms with van der Waals surface area (Å²) in [5, 5.41) is 0. The average Bonchev–Trinajstić information content (AvgIpc) is 2.05. The average molecular weight is 290 g/mol. The normalized spacial score (nSPS) is 12.3. The Balaban J connectivity index is 3.53. The van der Waals surface area contributed by atoms with Gasteiger partial charge < -0.3 is 0 Å². The number of hydrogen-bond acceptors (Lipinski definition) is 1. The highest BCUT2D eigenvalue weighted by atomic mass is 79.9. The number of rotatable bonds is 1. The second-order valence-electron chi connectivity index (χ2n) is 2.82. The molecule has 0 amide bonds. The molecule has 1 heterocycles. The minimum atomic E-state index is -4.84. The lowest BCUT2D eigenvalue weighted by atomic mass is 10.1. The van der Waals surface area contributed by atoms with E-state index in [1.54, 1.807) is 0 Å². The Bertz CT molecular complexity index is 374. The summed E-state index contributed by atoms with van der Waals surface area (Å²) >= 11 is 2.52. The van der Waals surface area contributed by atoms with Crippen molar-refractivity contribution in [2.45, 2.75) is 19.5 Å². The van der Waals surface area contributed by atoms with Gasteiger partial charge in [-0.05, 0) is 28.4 Å². The van der Waals surface area contributed by atoms with E-state index in [1.165, 1.54) is 0 Å². The summed E-state index contributed by atoms with van der Waals surface area (Å²) in [5.41, 5.74) is -2.61. The van der Waals surface area contributed by atoms with Crippen molar-refractivity contribution in [3.8, 4) is 0 Å². The summed E-state index contributed by atoms with van der Waals surface area (Å²) in [6, 6.07) is 0. The Hall–Kier alpha value is -0.720. The number of pyridine rings is 1. The van der Waals surface area contributed by atoms with Crippen LogP contribution in [0.15, 0.2) is 10.8 Å². The van der Waals surface area contributed by atoms with E-state index in [0.29, 0.717) is 0 Å². The molecule has 0 N–H and O–H groups in total. The fraction of sp³-hybridized carbons (Fsp3) is 0.375. The first kappa shape index (κ1) is 12.4. The Kier molecular flexibility index (Phi) is 3.32. The third-order valence-electron chi connectivity index (χ3n) is 1.77. The molecule has 0 aliphatic carbocycles. The maximum absolute atomic E-state index is 12.5. The van der Waals surface area contributed by atoms with Gasteiger partial charge in [0.15, 0.2) is 0 Å². The zero-order valence-corrected chi connectivity index (χ0v) is 8.96. The van der Waals surface area contributed by atoms with Crippen LogP contribution in [0.1, 0.15) is 23.1 Å². The number of alkyl halides is 5. The van der Waals surface area contributed by atoms with Crippen molar-refractivity contribution >= 4 is 15.9 Å². The monoisotopic (exact) mass is 289 g/mol. The molecular formula is C8H5BrF5N. The minimum Gasteiger partial charge on any atom is -0.248 e. The molecule has 0 spiro atoms. The van der Waals surface area contributed by atoms with Crippen molar-refractivity contribution in [3.05, 3.63) is 27.5 Å². The van der Waals surface area contributed by atoms with Crippen LogP contribution < -0.4 is 0 Å². The molecule has 0 atom stereocenters. The first-order chi connectivity index (χ1) is 6.75.